The molecule has 6 nitrogen and oxygen atoms in total. The van der Waals surface area contributed by atoms with Gasteiger partial charge in [-0.3, -0.25) is 14.8 Å². The van der Waals surface area contributed by atoms with Crippen LogP contribution in [0.15, 0.2) is 47.6 Å². The molecule has 0 spiro atoms. The predicted octanol–water partition coefficient (Wildman–Crippen LogP) is 2.07. The van der Waals surface area contributed by atoms with Crippen LogP contribution >= 0.6 is 0 Å². The van der Waals surface area contributed by atoms with Gasteiger partial charge in [0.1, 0.15) is 10.7 Å². The number of aryl methyl sites for hydroxylation is 1. The number of aromatic nitrogens is 3. The lowest BCUT2D eigenvalue weighted by atomic mass is 10.2. The van der Waals surface area contributed by atoms with Crippen LogP contribution in [0.5, 0.6) is 0 Å². The third-order valence-electron chi connectivity index (χ3n) is 2.85. The Labute approximate surface area is 115 Å². The summed E-state index contributed by atoms with van der Waals surface area (Å²) in [7, 11) is -3.71. The maximum absolute atomic E-state index is 12.4. The number of hydrogen-bond acceptors (Lipinski definition) is 4. The summed E-state index contributed by atoms with van der Waals surface area (Å²) in [6.07, 6.45) is 3.13. The van der Waals surface area contributed by atoms with Crippen molar-refractivity contribution in [2.45, 2.75) is 11.8 Å². The van der Waals surface area contributed by atoms with Gasteiger partial charge in [-0.25, -0.2) is 8.42 Å². The second-order valence-corrected chi connectivity index (χ2v) is 6.07. The van der Waals surface area contributed by atoms with Gasteiger partial charge in [0, 0.05) is 17.6 Å². The predicted molar refractivity (Wildman–Crippen MR) is 75.9 cm³/mol. The van der Waals surface area contributed by atoms with E-state index in [-0.39, 0.29) is 4.90 Å². The van der Waals surface area contributed by atoms with E-state index in [2.05, 4.69) is 19.9 Å². The number of para-hydroxylation sites is 1. The van der Waals surface area contributed by atoms with E-state index in [1.54, 1.807) is 18.3 Å². The number of rotatable bonds is 3. The zero-order valence-electron chi connectivity index (χ0n) is 10.7. The maximum atomic E-state index is 12.4. The van der Waals surface area contributed by atoms with Crippen molar-refractivity contribution in [3.63, 3.8) is 0 Å². The molecular weight excluding hydrogens is 276 g/mol. The van der Waals surface area contributed by atoms with E-state index in [1.165, 1.54) is 12.3 Å². The molecule has 0 bridgehead atoms. The normalized spacial score (nSPS) is 11.7. The lowest BCUT2D eigenvalue weighted by Crippen LogP contribution is -2.14. The number of benzene rings is 1. The number of nitrogens with zero attached hydrogens (tertiary/aromatic N) is 2. The SMILES string of the molecule is Cc1cnc2c(S(=O)(=O)Nc3ccn[nH]3)cccc2c1. The van der Waals surface area contributed by atoms with Gasteiger partial charge in [-0.15, -0.1) is 0 Å². The molecule has 2 N–H and O–H groups in total. The van der Waals surface area contributed by atoms with Crippen LogP contribution in [0.3, 0.4) is 0 Å². The molecule has 0 fully saturated rings. The van der Waals surface area contributed by atoms with E-state index in [4.69, 9.17) is 0 Å². The number of aromatic amines is 1. The minimum Gasteiger partial charge on any atom is -0.264 e. The van der Waals surface area contributed by atoms with Gasteiger partial charge in [0.05, 0.1) is 11.7 Å². The van der Waals surface area contributed by atoms with Crippen molar-refractivity contribution in [1.29, 1.82) is 0 Å². The summed E-state index contributed by atoms with van der Waals surface area (Å²) < 4.78 is 27.2. The highest BCUT2D eigenvalue weighted by molar-refractivity contribution is 7.93. The summed E-state index contributed by atoms with van der Waals surface area (Å²) in [6, 6.07) is 8.51. The van der Waals surface area contributed by atoms with Crippen LogP contribution in [0.25, 0.3) is 10.9 Å². The summed E-state index contributed by atoms with van der Waals surface area (Å²) in [5, 5.41) is 7.06. The highest BCUT2D eigenvalue weighted by Gasteiger charge is 2.18. The van der Waals surface area contributed by atoms with Crippen molar-refractivity contribution in [2.75, 3.05) is 4.72 Å². The molecule has 0 unspecified atom stereocenters. The molecule has 20 heavy (non-hydrogen) atoms. The first-order chi connectivity index (χ1) is 9.56. The molecule has 0 amide bonds. The summed E-state index contributed by atoms with van der Waals surface area (Å²) >= 11 is 0. The summed E-state index contributed by atoms with van der Waals surface area (Å²) in [4.78, 5) is 4.37. The average molecular weight is 288 g/mol. The Kier molecular flexibility index (Phi) is 2.90. The Morgan fingerprint density at radius 1 is 1.25 bits per heavy atom. The molecule has 0 saturated carbocycles. The van der Waals surface area contributed by atoms with E-state index in [0.29, 0.717) is 11.3 Å². The van der Waals surface area contributed by atoms with Gasteiger partial charge in [0.2, 0.25) is 0 Å². The first-order valence-electron chi connectivity index (χ1n) is 5.94. The third kappa shape index (κ3) is 2.23. The fourth-order valence-corrected chi connectivity index (χ4v) is 3.17. The monoisotopic (exact) mass is 288 g/mol. The van der Waals surface area contributed by atoms with Crippen molar-refractivity contribution < 1.29 is 8.42 Å². The Morgan fingerprint density at radius 3 is 2.85 bits per heavy atom. The average Bonchev–Trinajstić information content (AvgIpc) is 2.89. The van der Waals surface area contributed by atoms with Crippen molar-refractivity contribution >= 4 is 26.7 Å². The Balaban J connectivity index is 2.14. The topological polar surface area (TPSA) is 87.7 Å². The highest BCUT2D eigenvalue weighted by atomic mass is 32.2. The van der Waals surface area contributed by atoms with Gasteiger partial charge in [-0.1, -0.05) is 12.1 Å². The fraction of sp³-hybridized carbons (Fsp3) is 0.0769. The summed E-state index contributed by atoms with van der Waals surface area (Å²) in [6.45, 7) is 1.91. The van der Waals surface area contributed by atoms with Crippen LogP contribution < -0.4 is 4.72 Å². The number of anilines is 1. The molecule has 0 atom stereocenters. The number of pyridine rings is 1. The smallest absolute Gasteiger partial charge is 0.264 e. The molecule has 3 aromatic rings. The van der Waals surface area contributed by atoms with Gasteiger partial charge in [-0.05, 0) is 24.6 Å². The quantitative estimate of drug-likeness (QED) is 0.772. The van der Waals surface area contributed by atoms with Crippen molar-refractivity contribution in [1.82, 2.24) is 15.2 Å². The maximum Gasteiger partial charge on any atom is 0.265 e. The summed E-state index contributed by atoms with van der Waals surface area (Å²) in [5.41, 5.74) is 1.43. The minimum atomic E-state index is -3.71. The van der Waals surface area contributed by atoms with E-state index in [1.807, 2.05) is 19.1 Å². The van der Waals surface area contributed by atoms with E-state index in [9.17, 15) is 8.42 Å². The van der Waals surface area contributed by atoms with Crippen LogP contribution in [0.1, 0.15) is 5.56 Å². The second-order valence-electron chi connectivity index (χ2n) is 4.42. The number of fused-ring (bicyclic) bond motifs is 1. The standard InChI is InChI=1S/C13H12N4O2S/c1-9-7-10-3-2-4-11(13(10)14-8-9)20(18,19)17-12-5-6-15-16-12/h2-8H,1H3,(H2,15,16,17). The number of nitrogens with one attached hydrogen (secondary N) is 2. The van der Waals surface area contributed by atoms with Crippen molar-refractivity contribution in [3.05, 3.63) is 48.3 Å². The van der Waals surface area contributed by atoms with Crippen LogP contribution in [-0.4, -0.2) is 23.6 Å². The van der Waals surface area contributed by atoms with Gasteiger partial charge in [0.15, 0.2) is 0 Å². The molecular formula is C13H12N4O2S. The van der Waals surface area contributed by atoms with Gasteiger partial charge in [-0.2, -0.15) is 5.10 Å². The molecule has 0 aliphatic rings. The molecule has 0 aliphatic heterocycles. The van der Waals surface area contributed by atoms with E-state index >= 15 is 0 Å². The minimum absolute atomic E-state index is 0.143. The second kappa shape index (κ2) is 4.61. The molecule has 2 aromatic heterocycles. The Bertz CT molecular complexity index is 857. The molecule has 3 rings (SSSR count). The Hall–Kier alpha value is -2.41. The lowest BCUT2D eigenvalue weighted by molar-refractivity contribution is 0.601. The van der Waals surface area contributed by atoms with Crippen molar-refractivity contribution in [3.8, 4) is 0 Å². The molecule has 0 aliphatic carbocycles. The lowest BCUT2D eigenvalue weighted by Gasteiger charge is -2.08. The molecule has 1 aromatic carbocycles. The molecule has 0 saturated heterocycles. The molecule has 2 heterocycles. The first kappa shape index (κ1) is 12.6. The number of hydrogen-bond donors (Lipinski definition) is 2. The number of H-pyrrole nitrogens is 1. The molecule has 102 valence electrons. The van der Waals surface area contributed by atoms with Crippen molar-refractivity contribution in [2.24, 2.45) is 0 Å². The largest absolute Gasteiger partial charge is 0.265 e. The van der Waals surface area contributed by atoms with Crippen LogP contribution in [0.2, 0.25) is 0 Å². The van der Waals surface area contributed by atoms with E-state index < -0.39 is 10.0 Å². The Morgan fingerprint density at radius 2 is 2.10 bits per heavy atom. The van der Waals surface area contributed by atoms with Crippen LogP contribution in [0.4, 0.5) is 5.82 Å². The van der Waals surface area contributed by atoms with Gasteiger partial charge < -0.3 is 0 Å². The first-order valence-corrected chi connectivity index (χ1v) is 7.42. The van der Waals surface area contributed by atoms with Crippen LogP contribution in [0, 0.1) is 6.92 Å². The highest BCUT2D eigenvalue weighted by Crippen LogP contribution is 2.23. The van der Waals surface area contributed by atoms with Crippen LogP contribution in [-0.2, 0) is 10.0 Å². The van der Waals surface area contributed by atoms with Gasteiger partial charge in [0.25, 0.3) is 10.0 Å². The fourth-order valence-electron chi connectivity index (χ4n) is 1.97. The number of sulfonamides is 1. The third-order valence-corrected chi connectivity index (χ3v) is 4.24. The zero-order chi connectivity index (χ0) is 14.2. The molecule has 0 radical (unpaired) electrons. The zero-order valence-corrected chi connectivity index (χ0v) is 11.5. The van der Waals surface area contributed by atoms with Gasteiger partial charge >= 0.3 is 0 Å². The molecule has 7 heteroatoms. The summed E-state index contributed by atoms with van der Waals surface area (Å²) in [5.74, 6) is 0.314. The van der Waals surface area contributed by atoms with E-state index in [0.717, 1.165) is 10.9 Å².